The molecule has 2 amide bonds. The van der Waals surface area contributed by atoms with E-state index in [1.165, 1.54) is 81.6 Å². The second kappa shape index (κ2) is 18.2. The average Bonchev–Trinajstić information content (AvgIpc) is 3.63. The largest absolute Gasteiger partial charge is 0.386 e. The SMILES string of the molecule is CCC(CC)CNc1ncc2c(-c3ccc(CN4CCN(CC5CC6(C5)CN(CCCCc5ccc(NC7CCC(=O)NC7=O)c(NC)c5)C6)CC4)cc3)c[nH]c2n1. The Morgan fingerprint density at radius 1 is 0.914 bits per heavy atom. The minimum Gasteiger partial charge on any atom is -0.386 e. The van der Waals surface area contributed by atoms with Gasteiger partial charge in [-0.15, -0.1) is 0 Å². The summed E-state index contributed by atoms with van der Waals surface area (Å²) in [5, 5.41) is 13.5. The molecule has 310 valence electrons. The molecule has 1 unspecified atom stereocenters. The van der Waals surface area contributed by atoms with Crippen LogP contribution in [-0.4, -0.2) is 113 Å². The number of aryl methyl sites for hydroxylation is 1. The molecule has 8 rings (SSSR count). The van der Waals surface area contributed by atoms with Crippen molar-refractivity contribution in [2.45, 2.75) is 84.2 Å². The second-order valence-electron chi connectivity index (χ2n) is 17.7. The Hall–Kier alpha value is -4.52. The summed E-state index contributed by atoms with van der Waals surface area (Å²) in [7, 11) is 1.91. The van der Waals surface area contributed by atoms with Crippen LogP contribution in [0.15, 0.2) is 54.9 Å². The van der Waals surface area contributed by atoms with E-state index < -0.39 is 0 Å². The monoisotopic (exact) mass is 789 g/mol. The number of rotatable bonds is 18. The fourth-order valence-corrected chi connectivity index (χ4v) is 9.96. The number of anilines is 3. The zero-order chi connectivity index (χ0) is 40.1. The van der Waals surface area contributed by atoms with Crippen molar-refractivity contribution >= 4 is 40.2 Å². The standard InChI is InChI=1S/C46H64N10O2/c1-4-32(5-2)25-49-45-50-27-38-37(26-48-43(38)53-45)36-12-9-34(10-13-36)28-54-18-20-55(21-19-54)29-35-23-46(24-35)30-56(31-46)17-7-6-8-33-11-14-39(41(22-33)47-3)51-40-15-16-42(57)52-44(40)58/h9-14,22,26-27,32,35,40,47,51H,4-8,15-21,23-25,28-31H2,1-3H3,(H,52,57,58)(H2,48,49,50,53). The molecule has 12 nitrogen and oxygen atoms in total. The van der Waals surface area contributed by atoms with E-state index in [2.05, 4.69) is 108 Å². The fourth-order valence-electron chi connectivity index (χ4n) is 9.96. The lowest BCUT2D eigenvalue weighted by molar-refractivity contribution is -0.133. The molecule has 1 saturated carbocycles. The lowest BCUT2D eigenvalue weighted by Gasteiger charge is -2.60. The maximum absolute atomic E-state index is 12.2. The Labute approximate surface area is 344 Å². The Morgan fingerprint density at radius 3 is 2.41 bits per heavy atom. The van der Waals surface area contributed by atoms with Crippen molar-refractivity contribution in [3.63, 3.8) is 0 Å². The minimum absolute atomic E-state index is 0.192. The number of piperazine rings is 1. The topological polar surface area (TPSA) is 134 Å². The molecule has 0 radical (unpaired) electrons. The number of amides is 2. The van der Waals surface area contributed by atoms with E-state index in [9.17, 15) is 9.59 Å². The number of unbranched alkanes of at least 4 members (excludes halogenated alkanes) is 1. The summed E-state index contributed by atoms with van der Waals surface area (Å²) in [6.07, 6.45) is 13.5. The van der Waals surface area contributed by atoms with Gasteiger partial charge in [-0.1, -0.05) is 57.0 Å². The molecule has 1 aliphatic carbocycles. The minimum atomic E-state index is -0.379. The Bertz CT molecular complexity index is 2000. The molecule has 5 heterocycles. The molecule has 4 aliphatic rings. The summed E-state index contributed by atoms with van der Waals surface area (Å²) in [4.78, 5) is 44.4. The summed E-state index contributed by atoms with van der Waals surface area (Å²) >= 11 is 0. The van der Waals surface area contributed by atoms with Crippen LogP contribution >= 0.6 is 0 Å². The third-order valence-corrected chi connectivity index (χ3v) is 13.5. The van der Waals surface area contributed by atoms with E-state index >= 15 is 0 Å². The number of nitrogens with zero attached hydrogens (tertiary/aromatic N) is 5. The summed E-state index contributed by atoms with van der Waals surface area (Å²) in [6.45, 7) is 16.0. The normalized spacial score (nSPS) is 20.3. The van der Waals surface area contributed by atoms with E-state index in [-0.39, 0.29) is 17.9 Å². The van der Waals surface area contributed by atoms with E-state index in [0.717, 1.165) is 79.3 Å². The van der Waals surface area contributed by atoms with Gasteiger partial charge in [-0.2, -0.15) is 4.98 Å². The molecule has 12 heteroatoms. The summed E-state index contributed by atoms with van der Waals surface area (Å²) < 4.78 is 0. The van der Waals surface area contributed by atoms with Crippen LogP contribution in [-0.2, 0) is 22.6 Å². The number of carbonyl (C=O) groups is 2. The molecule has 1 atom stereocenters. The van der Waals surface area contributed by atoms with Gasteiger partial charge in [0, 0.05) is 95.7 Å². The first-order valence-corrected chi connectivity index (χ1v) is 22.0. The maximum Gasteiger partial charge on any atom is 0.249 e. The number of carbonyl (C=O) groups excluding carboxylic acids is 2. The number of fused-ring (bicyclic) bond motifs is 1. The maximum atomic E-state index is 12.2. The third kappa shape index (κ3) is 9.50. The molecule has 1 spiro atoms. The highest BCUT2D eigenvalue weighted by Crippen LogP contribution is 2.52. The van der Waals surface area contributed by atoms with Gasteiger partial charge in [0.25, 0.3) is 0 Å². The van der Waals surface area contributed by atoms with Crippen LogP contribution in [0.25, 0.3) is 22.2 Å². The number of H-pyrrole nitrogens is 1. The van der Waals surface area contributed by atoms with Crippen molar-refractivity contribution in [3.8, 4) is 11.1 Å². The second-order valence-corrected chi connectivity index (χ2v) is 17.7. The molecule has 3 aliphatic heterocycles. The van der Waals surface area contributed by atoms with Crippen molar-refractivity contribution in [1.29, 1.82) is 0 Å². The Kier molecular flexibility index (Phi) is 12.6. The number of hydrogen-bond acceptors (Lipinski definition) is 10. The zero-order valence-electron chi connectivity index (χ0n) is 34.9. The van der Waals surface area contributed by atoms with E-state index in [1.807, 2.05) is 13.2 Å². The number of benzene rings is 2. The highest BCUT2D eigenvalue weighted by Gasteiger charge is 2.51. The average molecular weight is 789 g/mol. The van der Waals surface area contributed by atoms with Gasteiger partial charge in [0.15, 0.2) is 0 Å². The van der Waals surface area contributed by atoms with Gasteiger partial charge in [0.05, 0.1) is 11.4 Å². The molecule has 4 aromatic rings. The van der Waals surface area contributed by atoms with Crippen LogP contribution in [0.4, 0.5) is 17.3 Å². The van der Waals surface area contributed by atoms with Crippen LogP contribution in [0.2, 0.25) is 0 Å². The first kappa shape index (κ1) is 40.3. The quantitative estimate of drug-likeness (QED) is 0.0556. The number of hydrogen-bond donors (Lipinski definition) is 5. The number of aromatic amines is 1. The van der Waals surface area contributed by atoms with Gasteiger partial charge in [-0.3, -0.25) is 19.8 Å². The van der Waals surface area contributed by atoms with Crippen LogP contribution < -0.4 is 21.3 Å². The number of likely N-dealkylation sites (tertiary alicyclic amines) is 1. The third-order valence-electron chi connectivity index (χ3n) is 13.5. The van der Waals surface area contributed by atoms with E-state index in [4.69, 9.17) is 4.98 Å². The van der Waals surface area contributed by atoms with Crippen LogP contribution in [0.3, 0.4) is 0 Å². The number of aromatic nitrogens is 3. The van der Waals surface area contributed by atoms with Crippen molar-refractivity contribution in [2.75, 3.05) is 81.9 Å². The van der Waals surface area contributed by atoms with Gasteiger partial charge >= 0.3 is 0 Å². The zero-order valence-corrected chi connectivity index (χ0v) is 34.9. The van der Waals surface area contributed by atoms with Gasteiger partial charge in [0.2, 0.25) is 17.8 Å². The Balaban J connectivity index is 0.697. The lowest BCUT2D eigenvalue weighted by Crippen LogP contribution is -2.63. The summed E-state index contributed by atoms with van der Waals surface area (Å²) in [6, 6.07) is 15.1. The van der Waals surface area contributed by atoms with Crippen molar-refractivity contribution in [3.05, 3.63) is 66.0 Å². The molecular weight excluding hydrogens is 725 g/mol. The highest BCUT2D eigenvalue weighted by atomic mass is 16.2. The molecule has 58 heavy (non-hydrogen) atoms. The van der Waals surface area contributed by atoms with E-state index in [0.29, 0.717) is 30.1 Å². The summed E-state index contributed by atoms with van der Waals surface area (Å²) in [5.74, 6) is 1.76. The van der Waals surface area contributed by atoms with Crippen LogP contribution in [0.5, 0.6) is 0 Å². The van der Waals surface area contributed by atoms with Gasteiger partial charge in [-0.05, 0) is 91.1 Å². The molecule has 4 fully saturated rings. The predicted molar refractivity (Wildman–Crippen MR) is 234 cm³/mol. The van der Waals surface area contributed by atoms with Crippen molar-refractivity contribution in [2.24, 2.45) is 17.3 Å². The molecule has 2 aromatic heterocycles. The predicted octanol–water partition coefficient (Wildman–Crippen LogP) is 6.58. The molecule has 2 aromatic carbocycles. The summed E-state index contributed by atoms with van der Waals surface area (Å²) in [5.41, 5.74) is 8.39. The molecule has 3 saturated heterocycles. The molecule has 5 N–H and O–H groups in total. The van der Waals surface area contributed by atoms with Crippen LogP contribution in [0, 0.1) is 17.3 Å². The van der Waals surface area contributed by atoms with E-state index in [1.54, 1.807) is 0 Å². The van der Waals surface area contributed by atoms with Crippen molar-refractivity contribution < 1.29 is 9.59 Å². The van der Waals surface area contributed by atoms with Gasteiger partial charge in [-0.25, -0.2) is 4.98 Å². The fraction of sp³-hybridized carbons (Fsp3) is 0.565. The Morgan fingerprint density at radius 2 is 1.67 bits per heavy atom. The van der Waals surface area contributed by atoms with Crippen molar-refractivity contribution in [1.82, 2.24) is 35.0 Å². The smallest absolute Gasteiger partial charge is 0.249 e. The van der Waals surface area contributed by atoms with Gasteiger partial charge < -0.3 is 30.7 Å². The first-order valence-electron chi connectivity index (χ1n) is 22.0. The molecule has 0 bridgehead atoms. The number of piperidine rings is 1. The number of imide groups is 1. The van der Waals surface area contributed by atoms with Gasteiger partial charge in [0.1, 0.15) is 11.7 Å². The lowest BCUT2D eigenvalue weighted by atomic mass is 9.57. The first-order chi connectivity index (χ1) is 28.3. The van der Waals surface area contributed by atoms with Crippen LogP contribution in [0.1, 0.15) is 76.3 Å². The molecular formula is C46H64N10O2. The highest BCUT2D eigenvalue weighted by molar-refractivity contribution is 6.01. The number of nitrogens with one attached hydrogen (secondary N) is 5.